The van der Waals surface area contributed by atoms with Gasteiger partial charge in [0.2, 0.25) is 11.8 Å². The standard InChI is InChI=1S/C17H23N3O2S/c21-16-10-13(11-20(16)14-3-4-14)17(22)19-7-5-18(6-8-19)12-15-2-1-9-23-15/h1-2,9,13-14H,3-8,10-12H2/t13-/m1/s1. The maximum Gasteiger partial charge on any atom is 0.228 e. The SMILES string of the molecule is O=C([C@@H]1CC(=O)N(C2CC2)C1)N1CCN(Cc2cccs2)CC1. The molecule has 2 amide bonds. The van der Waals surface area contributed by atoms with E-state index in [1.54, 1.807) is 11.3 Å². The van der Waals surface area contributed by atoms with Crippen LogP contribution < -0.4 is 0 Å². The van der Waals surface area contributed by atoms with Crippen LogP contribution in [-0.2, 0) is 16.1 Å². The van der Waals surface area contributed by atoms with Crippen molar-refractivity contribution in [2.24, 2.45) is 5.92 Å². The summed E-state index contributed by atoms with van der Waals surface area (Å²) in [5.74, 6) is 0.270. The summed E-state index contributed by atoms with van der Waals surface area (Å²) in [6.07, 6.45) is 2.66. The summed E-state index contributed by atoms with van der Waals surface area (Å²) in [5, 5.41) is 2.11. The lowest BCUT2D eigenvalue weighted by molar-refractivity contribution is -0.137. The maximum atomic E-state index is 12.7. The monoisotopic (exact) mass is 333 g/mol. The summed E-state index contributed by atoms with van der Waals surface area (Å²) in [5.41, 5.74) is 0. The second kappa shape index (κ2) is 6.24. The van der Waals surface area contributed by atoms with Crippen molar-refractivity contribution in [3.8, 4) is 0 Å². The number of nitrogens with zero attached hydrogens (tertiary/aromatic N) is 3. The number of likely N-dealkylation sites (tertiary alicyclic amines) is 1. The van der Waals surface area contributed by atoms with Crippen molar-refractivity contribution in [3.63, 3.8) is 0 Å². The molecule has 5 nitrogen and oxygen atoms in total. The molecule has 2 aliphatic heterocycles. The summed E-state index contributed by atoms with van der Waals surface area (Å²) in [7, 11) is 0. The Hall–Kier alpha value is -1.40. The van der Waals surface area contributed by atoms with Gasteiger partial charge in [0.05, 0.1) is 5.92 Å². The molecule has 6 heteroatoms. The van der Waals surface area contributed by atoms with Gasteiger partial charge in [0.15, 0.2) is 0 Å². The first-order chi connectivity index (χ1) is 11.2. The first-order valence-corrected chi connectivity index (χ1v) is 9.41. The Morgan fingerprint density at radius 3 is 2.65 bits per heavy atom. The molecule has 3 fully saturated rings. The normalized spacial score (nSPS) is 26.1. The van der Waals surface area contributed by atoms with E-state index in [1.165, 1.54) is 4.88 Å². The first-order valence-electron chi connectivity index (χ1n) is 8.53. The van der Waals surface area contributed by atoms with E-state index in [4.69, 9.17) is 0 Å². The van der Waals surface area contributed by atoms with E-state index in [-0.39, 0.29) is 17.7 Å². The Labute approximate surface area is 140 Å². The van der Waals surface area contributed by atoms with Gasteiger partial charge in [0.1, 0.15) is 0 Å². The van der Waals surface area contributed by atoms with E-state index in [1.807, 2.05) is 9.80 Å². The molecule has 0 aromatic carbocycles. The predicted molar refractivity (Wildman–Crippen MR) is 89.0 cm³/mol. The van der Waals surface area contributed by atoms with Crippen molar-refractivity contribution >= 4 is 23.2 Å². The molecule has 3 heterocycles. The van der Waals surface area contributed by atoms with E-state index >= 15 is 0 Å². The van der Waals surface area contributed by atoms with Crippen molar-refractivity contribution in [3.05, 3.63) is 22.4 Å². The van der Waals surface area contributed by atoms with E-state index in [0.717, 1.165) is 45.6 Å². The number of hydrogen-bond donors (Lipinski definition) is 0. The molecular formula is C17H23N3O2S. The average molecular weight is 333 g/mol. The van der Waals surface area contributed by atoms with Gasteiger partial charge in [-0.25, -0.2) is 0 Å². The molecule has 124 valence electrons. The van der Waals surface area contributed by atoms with E-state index in [9.17, 15) is 9.59 Å². The molecule has 1 aliphatic carbocycles. The van der Waals surface area contributed by atoms with Crippen LogP contribution in [0.3, 0.4) is 0 Å². The molecule has 2 saturated heterocycles. The topological polar surface area (TPSA) is 43.9 Å². The highest BCUT2D eigenvalue weighted by Gasteiger charge is 2.43. The fraction of sp³-hybridized carbons (Fsp3) is 0.647. The molecule has 1 saturated carbocycles. The predicted octanol–water partition coefficient (Wildman–Crippen LogP) is 1.40. The third-order valence-corrected chi connectivity index (χ3v) is 6.00. The summed E-state index contributed by atoms with van der Waals surface area (Å²) in [6.45, 7) is 5.07. The Bertz CT molecular complexity index is 577. The van der Waals surface area contributed by atoms with Gasteiger partial charge in [-0.05, 0) is 24.3 Å². The smallest absolute Gasteiger partial charge is 0.228 e. The second-order valence-electron chi connectivity index (χ2n) is 6.86. The Morgan fingerprint density at radius 1 is 1.22 bits per heavy atom. The number of thiophene rings is 1. The Morgan fingerprint density at radius 2 is 2.00 bits per heavy atom. The number of piperazine rings is 1. The van der Waals surface area contributed by atoms with Crippen LogP contribution in [0.15, 0.2) is 17.5 Å². The lowest BCUT2D eigenvalue weighted by Crippen LogP contribution is -2.50. The molecule has 1 aromatic heterocycles. The van der Waals surface area contributed by atoms with Gasteiger partial charge in [-0.2, -0.15) is 0 Å². The van der Waals surface area contributed by atoms with Crippen molar-refractivity contribution < 1.29 is 9.59 Å². The Balaban J connectivity index is 1.28. The van der Waals surface area contributed by atoms with Crippen LogP contribution in [0.4, 0.5) is 0 Å². The van der Waals surface area contributed by atoms with Crippen LogP contribution >= 0.6 is 11.3 Å². The quantitative estimate of drug-likeness (QED) is 0.837. The van der Waals surface area contributed by atoms with Crippen molar-refractivity contribution in [2.75, 3.05) is 32.7 Å². The van der Waals surface area contributed by atoms with Gasteiger partial charge < -0.3 is 9.80 Å². The molecule has 0 bridgehead atoms. The maximum absolute atomic E-state index is 12.7. The van der Waals surface area contributed by atoms with Crippen molar-refractivity contribution in [1.82, 2.24) is 14.7 Å². The van der Waals surface area contributed by atoms with Crippen molar-refractivity contribution in [2.45, 2.75) is 31.8 Å². The summed E-state index contributed by atoms with van der Waals surface area (Å²) >= 11 is 1.79. The highest BCUT2D eigenvalue weighted by Crippen LogP contribution is 2.33. The molecule has 3 aliphatic rings. The average Bonchev–Trinajstić information content (AvgIpc) is 3.13. The van der Waals surface area contributed by atoms with Crippen molar-refractivity contribution in [1.29, 1.82) is 0 Å². The summed E-state index contributed by atoms with van der Waals surface area (Å²) < 4.78 is 0. The third-order valence-electron chi connectivity index (χ3n) is 5.14. The molecule has 1 atom stereocenters. The molecule has 1 aromatic rings. The molecule has 0 N–H and O–H groups in total. The van der Waals surface area contributed by atoms with Gasteiger partial charge in [0, 0.05) is 56.6 Å². The van der Waals surface area contributed by atoms with E-state index in [2.05, 4.69) is 22.4 Å². The number of hydrogen-bond acceptors (Lipinski definition) is 4. The number of rotatable bonds is 4. The lowest BCUT2D eigenvalue weighted by atomic mass is 10.1. The minimum atomic E-state index is -0.105. The third kappa shape index (κ3) is 3.28. The summed E-state index contributed by atoms with van der Waals surface area (Å²) in [4.78, 5) is 32.4. The summed E-state index contributed by atoms with van der Waals surface area (Å²) in [6, 6.07) is 4.68. The van der Waals surface area contributed by atoms with Crippen LogP contribution in [-0.4, -0.2) is 65.3 Å². The number of amides is 2. The van der Waals surface area contributed by atoms with Crippen LogP contribution in [0.5, 0.6) is 0 Å². The van der Waals surface area contributed by atoms with Gasteiger partial charge in [-0.15, -0.1) is 11.3 Å². The van der Waals surface area contributed by atoms with Gasteiger partial charge in [-0.3, -0.25) is 14.5 Å². The fourth-order valence-electron chi connectivity index (χ4n) is 3.64. The molecular weight excluding hydrogens is 310 g/mol. The van der Waals surface area contributed by atoms with E-state index in [0.29, 0.717) is 19.0 Å². The minimum Gasteiger partial charge on any atom is -0.340 e. The largest absolute Gasteiger partial charge is 0.340 e. The van der Waals surface area contributed by atoms with Gasteiger partial charge in [-0.1, -0.05) is 6.07 Å². The zero-order valence-corrected chi connectivity index (χ0v) is 14.1. The molecule has 0 unspecified atom stereocenters. The Kier molecular flexibility index (Phi) is 4.11. The molecule has 0 spiro atoms. The molecule has 4 rings (SSSR count). The molecule has 23 heavy (non-hydrogen) atoms. The zero-order valence-electron chi connectivity index (χ0n) is 13.3. The van der Waals surface area contributed by atoms with E-state index < -0.39 is 0 Å². The van der Waals surface area contributed by atoms with Crippen LogP contribution in [0, 0.1) is 5.92 Å². The number of carbonyl (C=O) groups excluding carboxylic acids is 2. The highest BCUT2D eigenvalue weighted by molar-refractivity contribution is 7.09. The number of carbonyl (C=O) groups is 2. The van der Waals surface area contributed by atoms with Gasteiger partial charge >= 0.3 is 0 Å². The van der Waals surface area contributed by atoms with Crippen LogP contribution in [0.1, 0.15) is 24.1 Å². The molecule has 0 radical (unpaired) electrons. The first kappa shape index (κ1) is 15.1. The minimum absolute atomic E-state index is 0.105. The zero-order chi connectivity index (χ0) is 15.8. The lowest BCUT2D eigenvalue weighted by Gasteiger charge is -2.35. The van der Waals surface area contributed by atoms with Crippen LogP contribution in [0.2, 0.25) is 0 Å². The highest BCUT2D eigenvalue weighted by atomic mass is 32.1. The fourth-order valence-corrected chi connectivity index (χ4v) is 4.39. The van der Waals surface area contributed by atoms with Gasteiger partial charge in [0.25, 0.3) is 0 Å². The second-order valence-corrected chi connectivity index (χ2v) is 7.89. The van der Waals surface area contributed by atoms with Crippen LogP contribution in [0.25, 0.3) is 0 Å².